The maximum absolute atomic E-state index is 9.09. The highest BCUT2D eigenvalue weighted by Crippen LogP contribution is 2.41. The summed E-state index contributed by atoms with van der Waals surface area (Å²) in [4.78, 5) is 2.47. The van der Waals surface area contributed by atoms with E-state index >= 15 is 0 Å². The van der Waals surface area contributed by atoms with Gasteiger partial charge in [-0.2, -0.15) is 5.10 Å². The lowest BCUT2D eigenvalue weighted by molar-refractivity contribution is 0.225. The van der Waals surface area contributed by atoms with Crippen molar-refractivity contribution in [1.29, 1.82) is 0 Å². The summed E-state index contributed by atoms with van der Waals surface area (Å²) in [7, 11) is 0. The van der Waals surface area contributed by atoms with E-state index in [1.807, 2.05) is 13.0 Å². The van der Waals surface area contributed by atoms with Crippen molar-refractivity contribution in [1.82, 2.24) is 10.2 Å². The lowest BCUT2D eigenvalue weighted by Crippen LogP contribution is -2.43. The van der Waals surface area contributed by atoms with Crippen molar-refractivity contribution in [3.05, 3.63) is 17.8 Å². The molecule has 2 aliphatic heterocycles. The van der Waals surface area contributed by atoms with Gasteiger partial charge < -0.3 is 10.0 Å². The fraction of sp³-hybridized carbons (Fsp3) is 0.714. The number of piperidine rings is 1. The molecule has 3 rings (SSSR count). The zero-order chi connectivity index (χ0) is 12.5. The predicted molar refractivity (Wildman–Crippen MR) is 70.5 cm³/mol. The first-order chi connectivity index (χ1) is 8.78. The smallest absolute Gasteiger partial charge is 0.151 e. The summed E-state index contributed by atoms with van der Waals surface area (Å²) in [6, 6.07) is 5.36. The molecule has 0 spiro atoms. The summed E-state index contributed by atoms with van der Waals surface area (Å²) in [6.45, 7) is 2.30. The van der Waals surface area contributed by atoms with E-state index in [9.17, 15) is 0 Å². The zero-order valence-corrected chi connectivity index (χ0v) is 10.9. The molecule has 0 radical (unpaired) electrons. The molecule has 4 heteroatoms. The summed E-state index contributed by atoms with van der Waals surface area (Å²) >= 11 is 0. The van der Waals surface area contributed by atoms with Gasteiger partial charge in [-0.25, -0.2) is 0 Å². The second kappa shape index (κ2) is 4.84. The Labute approximate surface area is 108 Å². The first-order valence-electron chi connectivity index (χ1n) is 6.97. The largest absolute Gasteiger partial charge is 0.396 e. The number of rotatable bonds is 3. The highest BCUT2D eigenvalue weighted by atomic mass is 16.3. The molecule has 98 valence electrons. The maximum atomic E-state index is 9.09. The molecule has 0 aliphatic carbocycles. The van der Waals surface area contributed by atoms with Crippen LogP contribution in [-0.2, 0) is 0 Å². The molecule has 2 fully saturated rings. The Morgan fingerprint density at radius 3 is 2.50 bits per heavy atom. The van der Waals surface area contributed by atoms with Gasteiger partial charge in [0, 0.05) is 18.7 Å². The van der Waals surface area contributed by atoms with E-state index in [1.54, 1.807) is 0 Å². The molecule has 2 bridgehead atoms. The molecule has 2 atom stereocenters. The van der Waals surface area contributed by atoms with Crippen molar-refractivity contribution in [2.24, 2.45) is 5.92 Å². The van der Waals surface area contributed by atoms with Gasteiger partial charge in [-0.1, -0.05) is 0 Å². The second-order valence-corrected chi connectivity index (χ2v) is 5.67. The minimum Gasteiger partial charge on any atom is -0.396 e. The van der Waals surface area contributed by atoms with Crippen molar-refractivity contribution in [3.8, 4) is 0 Å². The van der Waals surface area contributed by atoms with Gasteiger partial charge >= 0.3 is 0 Å². The normalized spacial score (nSPS) is 30.8. The van der Waals surface area contributed by atoms with Crippen LogP contribution < -0.4 is 4.90 Å². The van der Waals surface area contributed by atoms with Crippen LogP contribution in [0.4, 0.5) is 5.82 Å². The third-order valence-electron chi connectivity index (χ3n) is 4.42. The van der Waals surface area contributed by atoms with Crippen LogP contribution >= 0.6 is 0 Å². The molecule has 18 heavy (non-hydrogen) atoms. The Morgan fingerprint density at radius 1 is 1.22 bits per heavy atom. The molecule has 4 nitrogen and oxygen atoms in total. The number of fused-ring (bicyclic) bond motifs is 2. The zero-order valence-electron chi connectivity index (χ0n) is 10.9. The Bertz CT molecular complexity index is 392. The number of aromatic nitrogens is 2. The number of hydrogen-bond donors (Lipinski definition) is 1. The standard InChI is InChI=1S/C14H21N3O/c1-10-2-5-14(16-15-10)17-12-3-4-13(17)9-11(8-12)6-7-18/h2,5,11-13,18H,3-4,6-9H2,1H3. The monoisotopic (exact) mass is 247 g/mol. The van der Waals surface area contributed by atoms with Crippen molar-refractivity contribution < 1.29 is 5.11 Å². The lowest BCUT2D eigenvalue weighted by atomic mass is 9.88. The van der Waals surface area contributed by atoms with Crippen LogP contribution in [0.3, 0.4) is 0 Å². The third-order valence-corrected chi connectivity index (χ3v) is 4.42. The van der Waals surface area contributed by atoms with Crippen LogP contribution in [0, 0.1) is 12.8 Å². The Hall–Kier alpha value is -1.16. The molecule has 1 aromatic heterocycles. The third kappa shape index (κ3) is 2.09. The molecule has 2 unspecified atom stereocenters. The lowest BCUT2D eigenvalue weighted by Gasteiger charge is -2.39. The molecule has 1 N–H and O–H groups in total. The Balaban J connectivity index is 1.77. The van der Waals surface area contributed by atoms with Crippen LogP contribution in [0.5, 0.6) is 0 Å². The summed E-state index contributed by atoms with van der Waals surface area (Å²) in [6.07, 6.45) is 5.89. The highest BCUT2D eigenvalue weighted by molar-refractivity contribution is 5.43. The average molecular weight is 247 g/mol. The minimum atomic E-state index is 0.328. The first kappa shape index (κ1) is 11.9. The van der Waals surface area contributed by atoms with Crippen molar-refractivity contribution in [3.63, 3.8) is 0 Å². The average Bonchev–Trinajstić information content (AvgIpc) is 2.63. The quantitative estimate of drug-likeness (QED) is 0.886. The molecule has 0 aromatic carbocycles. The highest BCUT2D eigenvalue weighted by Gasteiger charge is 2.41. The van der Waals surface area contributed by atoms with Gasteiger partial charge in [0.15, 0.2) is 5.82 Å². The van der Waals surface area contributed by atoms with Gasteiger partial charge in [-0.15, -0.1) is 5.10 Å². The van der Waals surface area contributed by atoms with Crippen molar-refractivity contribution in [2.75, 3.05) is 11.5 Å². The SMILES string of the molecule is Cc1ccc(N2C3CCC2CC(CCO)C3)nn1. The fourth-order valence-corrected chi connectivity index (χ4v) is 3.61. The maximum Gasteiger partial charge on any atom is 0.151 e. The molecule has 0 saturated carbocycles. The Morgan fingerprint density at radius 2 is 1.94 bits per heavy atom. The van der Waals surface area contributed by atoms with Crippen molar-refractivity contribution in [2.45, 2.75) is 51.1 Å². The van der Waals surface area contributed by atoms with E-state index in [-0.39, 0.29) is 0 Å². The van der Waals surface area contributed by atoms with Crippen LogP contribution in [0.2, 0.25) is 0 Å². The van der Waals surface area contributed by atoms with E-state index in [0.29, 0.717) is 24.6 Å². The molecule has 2 saturated heterocycles. The number of hydrogen-bond acceptors (Lipinski definition) is 4. The number of anilines is 1. The van der Waals surface area contributed by atoms with Crippen LogP contribution in [0.15, 0.2) is 12.1 Å². The first-order valence-corrected chi connectivity index (χ1v) is 6.97. The number of aliphatic hydroxyl groups is 1. The molecule has 1 aromatic rings. The molecular formula is C14H21N3O. The molecule has 2 aliphatic rings. The van der Waals surface area contributed by atoms with Crippen LogP contribution in [0.25, 0.3) is 0 Å². The molecular weight excluding hydrogens is 226 g/mol. The second-order valence-electron chi connectivity index (χ2n) is 5.67. The molecule has 3 heterocycles. The minimum absolute atomic E-state index is 0.328. The van der Waals surface area contributed by atoms with Gasteiger partial charge in [0.2, 0.25) is 0 Å². The van der Waals surface area contributed by atoms with Gasteiger partial charge in [0.05, 0.1) is 5.69 Å². The van der Waals surface area contributed by atoms with Crippen LogP contribution in [-0.4, -0.2) is 34.0 Å². The van der Waals surface area contributed by atoms with E-state index in [4.69, 9.17) is 5.11 Å². The topological polar surface area (TPSA) is 49.2 Å². The van der Waals surface area contributed by atoms with E-state index < -0.39 is 0 Å². The number of aliphatic hydroxyl groups excluding tert-OH is 1. The molecule has 0 amide bonds. The van der Waals surface area contributed by atoms with E-state index in [2.05, 4.69) is 21.2 Å². The summed E-state index contributed by atoms with van der Waals surface area (Å²) in [5, 5.41) is 17.6. The summed E-state index contributed by atoms with van der Waals surface area (Å²) < 4.78 is 0. The van der Waals surface area contributed by atoms with E-state index in [1.165, 1.54) is 25.7 Å². The van der Waals surface area contributed by atoms with E-state index in [0.717, 1.165) is 17.9 Å². The van der Waals surface area contributed by atoms with Gasteiger partial charge in [0.25, 0.3) is 0 Å². The van der Waals surface area contributed by atoms with Gasteiger partial charge in [-0.3, -0.25) is 0 Å². The predicted octanol–water partition coefficient (Wildman–Crippen LogP) is 1.91. The Kier molecular flexibility index (Phi) is 3.20. The summed E-state index contributed by atoms with van der Waals surface area (Å²) in [5.74, 6) is 1.73. The van der Waals surface area contributed by atoms with Crippen LogP contribution in [0.1, 0.15) is 37.8 Å². The summed E-state index contributed by atoms with van der Waals surface area (Å²) in [5.41, 5.74) is 0.973. The fourth-order valence-electron chi connectivity index (χ4n) is 3.61. The van der Waals surface area contributed by atoms with Gasteiger partial charge in [-0.05, 0) is 57.1 Å². The number of nitrogens with zero attached hydrogens (tertiary/aromatic N) is 3. The van der Waals surface area contributed by atoms with Gasteiger partial charge in [0.1, 0.15) is 0 Å². The van der Waals surface area contributed by atoms with Crippen molar-refractivity contribution >= 4 is 5.82 Å². The number of aryl methyl sites for hydroxylation is 1.